The zero-order chi connectivity index (χ0) is 16.1. The lowest BCUT2D eigenvalue weighted by Gasteiger charge is -2.12. The molecule has 2 N–H and O–H groups in total. The third-order valence-corrected chi connectivity index (χ3v) is 3.47. The monoisotopic (exact) mass is 305 g/mol. The number of carbonyl (C=O) groups excluding carboxylic acids is 1. The first-order chi connectivity index (χ1) is 10.5. The van der Waals surface area contributed by atoms with Crippen LogP contribution in [0.25, 0.3) is 0 Å². The average Bonchev–Trinajstić information content (AvgIpc) is 2.86. The van der Waals surface area contributed by atoms with Crippen molar-refractivity contribution >= 4 is 5.91 Å². The lowest BCUT2D eigenvalue weighted by Crippen LogP contribution is -2.28. The molecule has 0 aliphatic heterocycles. The summed E-state index contributed by atoms with van der Waals surface area (Å²) in [6, 6.07) is 5.70. The molecule has 22 heavy (non-hydrogen) atoms. The zero-order valence-electron chi connectivity index (χ0n) is 12.7. The van der Waals surface area contributed by atoms with E-state index in [-0.39, 0.29) is 12.5 Å². The number of aromatic nitrogens is 2. The summed E-state index contributed by atoms with van der Waals surface area (Å²) in [4.78, 5) is 12.1. The Balaban J connectivity index is 1.98. The van der Waals surface area contributed by atoms with Gasteiger partial charge in [0, 0.05) is 18.8 Å². The predicted molar refractivity (Wildman–Crippen MR) is 80.9 cm³/mol. The lowest BCUT2D eigenvalue weighted by atomic mass is 10.1. The van der Waals surface area contributed by atoms with Crippen molar-refractivity contribution < 1.29 is 14.3 Å². The molecule has 5 nitrogen and oxygen atoms in total. The van der Waals surface area contributed by atoms with Crippen LogP contribution in [-0.2, 0) is 6.54 Å². The third kappa shape index (κ3) is 3.71. The Bertz CT molecular complexity index is 655. The molecule has 0 aliphatic carbocycles. The zero-order valence-corrected chi connectivity index (χ0v) is 12.7. The van der Waals surface area contributed by atoms with Crippen molar-refractivity contribution in [1.29, 1.82) is 0 Å². The summed E-state index contributed by atoms with van der Waals surface area (Å²) in [5.41, 5.74) is 1.71. The topological polar surface area (TPSA) is 67.2 Å². The Morgan fingerprint density at radius 2 is 2.27 bits per heavy atom. The molecule has 0 saturated carbocycles. The van der Waals surface area contributed by atoms with E-state index in [9.17, 15) is 14.3 Å². The second-order valence-electron chi connectivity index (χ2n) is 5.15. The number of rotatable bonds is 6. The third-order valence-electron chi connectivity index (χ3n) is 3.47. The second kappa shape index (κ2) is 7.17. The number of nitrogens with zero attached hydrogens (tertiary/aromatic N) is 2. The standard InChI is InChI=1S/C16H20FN3O2/c1-3-7-20-11(2)14(9-19-20)16(22)18-10-15(21)12-5-4-6-13(17)8-12/h4-6,8-9,15,21H,3,7,10H2,1-2H3,(H,18,22)/t15-/m0/s1. The van der Waals surface area contributed by atoms with Crippen LogP contribution in [0, 0.1) is 12.7 Å². The Morgan fingerprint density at radius 3 is 2.95 bits per heavy atom. The minimum absolute atomic E-state index is 0.0146. The minimum atomic E-state index is -0.953. The van der Waals surface area contributed by atoms with Gasteiger partial charge in [0.05, 0.1) is 17.9 Å². The highest BCUT2D eigenvalue weighted by Crippen LogP contribution is 2.14. The maximum Gasteiger partial charge on any atom is 0.254 e. The van der Waals surface area contributed by atoms with Gasteiger partial charge in [-0.25, -0.2) is 4.39 Å². The molecule has 1 heterocycles. The summed E-state index contributed by atoms with van der Waals surface area (Å²) in [5.74, 6) is -0.713. The summed E-state index contributed by atoms with van der Waals surface area (Å²) in [7, 11) is 0. The van der Waals surface area contributed by atoms with Gasteiger partial charge in [0.25, 0.3) is 5.91 Å². The van der Waals surface area contributed by atoms with Crippen molar-refractivity contribution in [3.63, 3.8) is 0 Å². The van der Waals surface area contributed by atoms with Crippen LogP contribution in [-0.4, -0.2) is 27.3 Å². The number of aryl methyl sites for hydroxylation is 1. The first kappa shape index (κ1) is 16.2. The summed E-state index contributed by atoms with van der Waals surface area (Å²) in [5, 5.41) is 16.8. The van der Waals surface area contributed by atoms with Gasteiger partial charge in [-0.3, -0.25) is 9.48 Å². The number of nitrogens with one attached hydrogen (secondary N) is 1. The van der Waals surface area contributed by atoms with Gasteiger partial charge < -0.3 is 10.4 Å². The lowest BCUT2D eigenvalue weighted by molar-refractivity contribution is 0.0915. The average molecular weight is 305 g/mol. The van der Waals surface area contributed by atoms with Crippen molar-refractivity contribution in [2.75, 3.05) is 6.54 Å². The number of carbonyl (C=O) groups is 1. The van der Waals surface area contributed by atoms with Crippen LogP contribution in [0.4, 0.5) is 4.39 Å². The van der Waals surface area contributed by atoms with Gasteiger partial charge >= 0.3 is 0 Å². The van der Waals surface area contributed by atoms with E-state index in [1.54, 1.807) is 10.7 Å². The Hall–Kier alpha value is -2.21. The van der Waals surface area contributed by atoms with Crippen LogP contribution in [0.1, 0.15) is 41.1 Å². The van der Waals surface area contributed by atoms with Gasteiger partial charge in [-0.05, 0) is 31.0 Å². The molecular weight excluding hydrogens is 285 g/mol. The van der Waals surface area contributed by atoms with Crippen molar-refractivity contribution in [2.24, 2.45) is 0 Å². The number of halogens is 1. The fourth-order valence-electron chi connectivity index (χ4n) is 2.22. The van der Waals surface area contributed by atoms with Crippen LogP contribution in [0.15, 0.2) is 30.5 Å². The Kier molecular flexibility index (Phi) is 5.27. The predicted octanol–water partition coefficient (Wildman–Crippen LogP) is 2.20. The van der Waals surface area contributed by atoms with E-state index in [1.807, 2.05) is 13.8 Å². The molecule has 0 radical (unpaired) electrons. The van der Waals surface area contributed by atoms with Gasteiger partial charge in [0.1, 0.15) is 5.82 Å². The van der Waals surface area contributed by atoms with Crippen LogP contribution in [0.3, 0.4) is 0 Å². The highest BCUT2D eigenvalue weighted by atomic mass is 19.1. The molecule has 0 fully saturated rings. The number of amides is 1. The smallest absolute Gasteiger partial charge is 0.254 e. The van der Waals surface area contributed by atoms with Gasteiger partial charge in [-0.15, -0.1) is 0 Å². The molecule has 118 valence electrons. The molecule has 0 saturated heterocycles. The van der Waals surface area contributed by atoms with Crippen molar-refractivity contribution in [1.82, 2.24) is 15.1 Å². The van der Waals surface area contributed by atoms with Gasteiger partial charge in [-0.1, -0.05) is 19.1 Å². The number of hydrogen-bond acceptors (Lipinski definition) is 3. The first-order valence-electron chi connectivity index (χ1n) is 7.27. The van der Waals surface area contributed by atoms with Crippen LogP contribution in [0.5, 0.6) is 0 Å². The molecule has 1 aromatic carbocycles. The summed E-state index contributed by atoms with van der Waals surface area (Å²) in [6.07, 6.45) is 1.50. The van der Waals surface area contributed by atoms with Crippen molar-refractivity contribution in [3.05, 3.63) is 53.1 Å². The molecule has 1 amide bonds. The number of aliphatic hydroxyl groups excluding tert-OH is 1. The fraction of sp³-hybridized carbons (Fsp3) is 0.375. The van der Waals surface area contributed by atoms with Crippen LogP contribution < -0.4 is 5.32 Å². The summed E-state index contributed by atoms with van der Waals surface area (Å²) >= 11 is 0. The fourth-order valence-corrected chi connectivity index (χ4v) is 2.22. The highest BCUT2D eigenvalue weighted by Gasteiger charge is 2.16. The summed E-state index contributed by atoms with van der Waals surface area (Å²) < 4.78 is 14.9. The Morgan fingerprint density at radius 1 is 1.50 bits per heavy atom. The molecule has 0 spiro atoms. The normalized spacial score (nSPS) is 12.2. The number of aliphatic hydroxyl groups is 1. The van der Waals surface area contributed by atoms with E-state index in [1.165, 1.54) is 24.4 Å². The molecular formula is C16H20FN3O2. The molecule has 2 rings (SSSR count). The molecule has 0 aliphatic rings. The quantitative estimate of drug-likeness (QED) is 0.860. The molecule has 2 aromatic rings. The number of benzene rings is 1. The van der Waals surface area contributed by atoms with E-state index >= 15 is 0 Å². The maximum atomic E-state index is 13.1. The van der Waals surface area contributed by atoms with Gasteiger partial charge in [-0.2, -0.15) is 5.10 Å². The van der Waals surface area contributed by atoms with Crippen molar-refractivity contribution in [2.45, 2.75) is 32.9 Å². The minimum Gasteiger partial charge on any atom is -0.387 e. The summed E-state index contributed by atoms with van der Waals surface area (Å²) in [6.45, 7) is 4.64. The molecule has 0 bridgehead atoms. The molecule has 0 unspecified atom stereocenters. The molecule has 6 heteroatoms. The molecule has 1 atom stereocenters. The van der Waals surface area contributed by atoms with Gasteiger partial charge in [0.15, 0.2) is 0 Å². The van der Waals surface area contributed by atoms with E-state index in [0.717, 1.165) is 18.7 Å². The van der Waals surface area contributed by atoms with E-state index < -0.39 is 11.9 Å². The highest BCUT2D eigenvalue weighted by molar-refractivity contribution is 5.95. The van der Waals surface area contributed by atoms with Gasteiger partial charge in [0.2, 0.25) is 0 Å². The largest absolute Gasteiger partial charge is 0.387 e. The molecule has 1 aromatic heterocycles. The maximum absolute atomic E-state index is 13.1. The Labute approximate surface area is 128 Å². The second-order valence-corrected chi connectivity index (χ2v) is 5.15. The van der Waals surface area contributed by atoms with E-state index in [0.29, 0.717) is 11.1 Å². The van der Waals surface area contributed by atoms with Crippen LogP contribution >= 0.6 is 0 Å². The van der Waals surface area contributed by atoms with E-state index in [4.69, 9.17) is 0 Å². The first-order valence-corrected chi connectivity index (χ1v) is 7.27. The van der Waals surface area contributed by atoms with E-state index in [2.05, 4.69) is 10.4 Å². The van der Waals surface area contributed by atoms with Crippen LogP contribution in [0.2, 0.25) is 0 Å². The SMILES string of the molecule is CCCn1ncc(C(=O)NC[C@H](O)c2cccc(F)c2)c1C. The number of hydrogen-bond donors (Lipinski definition) is 2. The van der Waals surface area contributed by atoms with Crippen molar-refractivity contribution in [3.8, 4) is 0 Å².